The molecule has 0 saturated carbocycles. The SMILES string of the molecule is CC1CN(C(N)=NCC(c2cccs2)N2CCOCC2)CCO1. The Balaban J connectivity index is 1.66. The third kappa shape index (κ3) is 4.44. The van der Waals surface area contributed by atoms with E-state index in [0.29, 0.717) is 12.5 Å². The van der Waals surface area contributed by atoms with Crippen molar-refractivity contribution in [2.45, 2.75) is 19.1 Å². The minimum atomic E-state index is 0.213. The van der Waals surface area contributed by atoms with Crippen LogP contribution in [-0.2, 0) is 9.47 Å². The van der Waals surface area contributed by atoms with Crippen molar-refractivity contribution in [2.24, 2.45) is 10.7 Å². The van der Waals surface area contributed by atoms with E-state index in [1.165, 1.54) is 4.88 Å². The molecule has 2 N–H and O–H groups in total. The van der Waals surface area contributed by atoms with Crippen LogP contribution in [0.1, 0.15) is 17.8 Å². The van der Waals surface area contributed by atoms with Gasteiger partial charge in [-0.15, -0.1) is 11.3 Å². The van der Waals surface area contributed by atoms with Gasteiger partial charge in [0.2, 0.25) is 0 Å². The highest BCUT2D eigenvalue weighted by atomic mass is 32.1. The van der Waals surface area contributed by atoms with Crippen LogP contribution < -0.4 is 5.73 Å². The zero-order chi connectivity index (χ0) is 16.1. The Hall–Kier alpha value is -1.15. The summed E-state index contributed by atoms with van der Waals surface area (Å²) in [7, 11) is 0. The molecule has 0 amide bonds. The minimum Gasteiger partial charge on any atom is -0.379 e. The van der Waals surface area contributed by atoms with E-state index in [2.05, 4.69) is 34.2 Å². The Morgan fingerprint density at radius 3 is 2.91 bits per heavy atom. The molecular weight excluding hydrogens is 312 g/mol. The highest BCUT2D eigenvalue weighted by Crippen LogP contribution is 2.26. The number of nitrogens with zero attached hydrogens (tertiary/aromatic N) is 3. The van der Waals surface area contributed by atoms with Gasteiger partial charge in [0.05, 0.1) is 38.5 Å². The maximum absolute atomic E-state index is 6.22. The lowest BCUT2D eigenvalue weighted by atomic mass is 10.2. The maximum Gasteiger partial charge on any atom is 0.191 e. The van der Waals surface area contributed by atoms with Gasteiger partial charge in [-0.25, -0.2) is 0 Å². The van der Waals surface area contributed by atoms with Crippen LogP contribution in [0.3, 0.4) is 0 Å². The van der Waals surface area contributed by atoms with Gasteiger partial charge >= 0.3 is 0 Å². The van der Waals surface area contributed by atoms with Crippen LogP contribution in [0.5, 0.6) is 0 Å². The Labute approximate surface area is 141 Å². The molecule has 2 saturated heterocycles. The predicted molar refractivity (Wildman–Crippen MR) is 92.9 cm³/mol. The first-order chi connectivity index (χ1) is 11.2. The van der Waals surface area contributed by atoms with Gasteiger partial charge in [0.1, 0.15) is 0 Å². The molecule has 0 spiro atoms. The van der Waals surface area contributed by atoms with E-state index in [0.717, 1.165) is 46.0 Å². The number of ether oxygens (including phenoxy) is 2. The Bertz CT molecular complexity index is 502. The molecule has 0 radical (unpaired) electrons. The Morgan fingerprint density at radius 1 is 1.39 bits per heavy atom. The number of aliphatic imine (C=N–C) groups is 1. The van der Waals surface area contributed by atoms with Crippen molar-refractivity contribution in [1.82, 2.24) is 9.80 Å². The zero-order valence-corrected chi connectivity index (χ0v) is 14.5. The van der Waals surface area contributed by atoms with E-state index in [1.54, 1.807) is 11.3 Å². The second kappa shape index (κ2) is 8.10. The van der Waals surface area contributed by atoms with Crippen molar-refractivity contribution in [3.8, 4) is 0 Å². The number of guanidine groups is 1. The number of morpholine rings is 2. The number of nitrogens with two attached hydrogens (primary N) is 1. The topological polar surface area (TPSA) is 63.3 Å². The summed E-state index contributed by atoms with van der Waals surface area (Å²) in [4.78, 5) is 10.6. The van der Waals surface area contributed by atoms with Crippen molar-refractivity contribution in [2.75, 3.05) is 52.5 Å². The number of thiophene rings is 1. The summed E-state index contributed by atoms with van der Waals surface area (Å²) in [6.45, 7) is 8.61. The van der Waals surface area contributed by atoms with Gasteiger partial charge < -0.3 is 20.1 Å². The van der Waals surface area contributed by atoms with Gasteiger partial charge in [0, 0.05) is 31.1 Å². The molecular formula is C16H26N4O2S. The van der Waals surface area contributed by atoms with Crippen molar-refractivity contribution < 1.29 is 9.47 Å². The van der Waals surface area contributed by atoms with Crippen LogP contribution in [0.15, 0.2) is 22.5 Å². The van der Waals surface area contributed by atoms with Crippen LogP contribution in [0, 0.1) is 0 Å². The molecule has 0 aliphatic carbocycles. The van der Waals surface area contributed by atoms with Crippen LogP contribution in [-0.4, -0.2) is 74.4 Å². The average molecular weight is 338 g/mol. The van der Waals surface area contributed by atoms with Crippen molar-refractivity contribution in [3.05, 3.63) is 22.4 Å². The highest BCUT2D eigenvalue weighted by Gasteiger charge is 2.24. The summed E-state index contributed by atoms with van der Waals surface area (Å²) in [5, 5.41) is 2.12. The van der Waals surface area contributed by atoms with E-state index < -0.39 is 0 Å². The lowest BCUT2D eigenvalue weighted by Crippen LogP contribution is -2.48. The van der Waals surface area contributed by atoms with Crippen molar-refractivity contribution >= 4 is 17.3 Å². The van der Waals surface area contributed by atoms with Gasteiger partial charge in [-0.3, -0.25) is 9.89 Å². The van der Waals surface area contributed by atoms with Gasteiger partial charge in [-0.1, -0.05) is 6.07 Å². The van der Waals surface area contributed by atoms with E-state index in [1.807, 2.05) is 0 Å². The lowest BCUT2D eigenvalue weighted by molar-refractivity contribution is 0.00494. The first-order valence-corrected chi connectivity index (χ1v) is 9.13. The predicted octanol–water partition coefficient (Wildman–Crippen LogP) is 1.16. The molecule has 2 aliphatic heterocycles. The van der Waals surface area contributed by atoms with Gasteiger partial charge in [0.25, 0.3) is 0 Å². The molecule has 0 aromatic carbocycles. The molecule has 2 aliphatic rings. The molecule has 1 aromatic rings. The fourth-order valence-electron chi connectivity index (χ4n) is 3.06. The van der Waals surface area contributed by atoms with Crippen LogP contribution >= 0.6 is 11.3 Å². The molecule has 7 heteroatoms. The summed E-state index contributed by atoms with van der Waals surface area (Å²) >= 11 is 1.79. The molecule has 3 rings (SSSR count). The normalized spacial score (nSPS) is 25.5. The van der Waals surface area contributed by atoms with Crippen molar-refractivity contribution in [3.63, 3.8) is 0 Å². The molecule has 2 fully saturated rings. The second-order valence-electron chi connectivity index (χ2n) is 6.01. The second-order valence-corrected chi connectivity index (χ2v) is 6.99. The van der Waals surface area contributed by atoms with Gasteiger partial charge in [0.15, 0.2) is 5.96 Å². The molecule has 0 bridgehead atoms. The average Bonchev–Trinajstić information content (AvgIpc) is 3.10. The monoisotopic (exact) mass is 338 g/mol. The first kappa shape index (κ1) is 16.7. The standard InChI is InChI=1S/C16H26N4O2S/c1-13-12-20(6-9-22-13)16(17)18-11-14(15-3-2-10-23-15)19-4-7-21-8-5-19/h2-3,10,13-14H,4-9,11-12H2,1H3,(H2,17,18). The van der Waals surface area contributed by atoms with Gasteiger partial charge in [-0.05, 0) is 18.4 Å². The minimum absolute atomic E-state index is 0.213. The van der Waals surface area contributed by atoms with Crippen LogP contribution in [0.25, 0.3) is 0 Å². The van der Waals surface area contributed by atoms with Gasteiger partial charge in [-0.2, -0.15) is 0 Å². The molecule has 1 aromatic heterocycles. The third-order valence-electron chi connectivity index (χ3n) is 4.35. The van der Waals surface area contributed by atoms with Crippen molar-refractivity contribution in [1.29, 1.82) is 0 Å². The Morgan fingerprint density at radius 2 is 2.22 bits per heavy atom. The summed E-state index contributed by atoms with van der Waals surface area (Å²) in [5.41, 5.74) is 6.22. The van der Waals surface area contributed by atoms with E-state index in [-0.39, 0.29) is 12.1 Å². The number of hydrogen-bond acceptors (Lipinski definition) is 5. The van der Waals surface area contributed by atoms with E-state index in [4.69, 9.17) is 20.2 Å². The summed E-state index contributed by atoms with van der Waals surface area (Å²) in [6.07, 6.45) is 0.213. The summed E-state index contributed by atoms with van der Waals surface area (Å²) < 4.78 is 11.0. The Kier molecular flexibility index (Phi) is 5.88. The maximum atomic E-state index is 6.22. The smallest absolute Gasteiger partial charge is 0.191 e. The van der Waals surface area contributed by atoms with Crippen LogP contribution in [0.4, 0.5) is 0 Å². The lowest BCUT2D eigenvalue weighted by Gasteiger charge is -2.34. The van der Waals surface area contributed by atoms with Crippen LogP contribution in [0.2, 0.25) is 0 Å². The molecule has 128 valence electrons. The fourth-order valence-corrected chi connectivity index (χ4v) is 3.91. The molecule has 2 atom stereocenters. The molecule has 23 heavy (non-hydrogen) atoms. The summed E-state index contributed by atoms with van der Waals surface area (Å²) in [6, 6.07) is 4.58. The number of rotatable bonds is 4. The fraction of sp³-hybridized carbons (Fsp3) is 0.688. The number of hydrogen-bond donors (Lipinski definition) is 1. The zero-order valence-electron chi connectivity index (χ0n) is 13.7. The van der Waals surface area contributed by atoms with E-state index in [9.17, 15) is 0 Å². The summed E-state index contributed by atoms with van der Waals surface area (Å²) in [5.74, 6) is 0.634. The quantitative estimate of drug-likeness (QED) is 0.659. The third-order valence-corrected chi connectivity index (χ3v) is 5.32. The largest absolute Gasteiger partial charge is 0.379 e. The molecule has 6 nitrogen and oxygen atoms in total. The molecule has 2 unspecified atom stereocenters. The molecule has 3 heterocycles. The van der Waals surface area contributed by atoms with E-state index >= 15 is 0 Å². The highest BCUT2D eigenvalue weighted by molar-refractivity contribution is 7.10. The first-order valence-electron chi connectivity index (χ1n) is 8.25.